The van der Waals surface area contributed by atoms with Gasteiger partial charge in [0.05, 0.1) is 6.04 Å². The van der Waals surface area contributed by atoms with Crippen LogP contribution in [0.25, 0.3) is 0 Å². The molecular weight excluding hydrogens is 366 g/mol. The fourth-order valence-electron chi connectivity index (χ4n) is 3.06. The topological polar surface area (TPSA) is 49.9 Å². The molecule has 144 valence electrons. The number of hydrogen-bond donors (Lipinski definition) is 0. The van der Waals surface area contributed by atoms with Crippen LogP contribution in [0.1, 0.15) is 45.2 Å². The molecule has 0 aliphatic carbocycles. The lowest BCUT2D eigenvalue weighted by molar-refractivity contribution is 0.0130. The van der Waals surface area contributed by atoms with Crippen LogP contribution in [0, 0.1) is 11.6 Å². The summed E-state index contributed by atoms with van der Waals surface area (Å²) in [5.74, 6) is -1.23. The number of amides is 2. The van der Waals surface area contributed by atoms with Crippen LogP contribution in [-0.4, -0.2) is 46.5 Å². The average molecular weight is 389 g/mol. The second-order valence-corrected chi connectivity index (χ2v) is 7.72. The molecule has 1 saturated heterocycles. The van der Waals surface area contributed by atoms with Gasteiger partial charge in [-0.05, 0) is 63.4 Å². The molecule has 8 heteroatoms. The van der Waals surface area contributed by atoms with Gasteiger partial charge in [0, 0.05) is 25.2 Å². The van der Waals surface area contributed by atoms with Crippen LogP contribution in [0.5, 0.6) is 0 Å². The van der Waals surface area contributed by atoms with E-state index in [-0.39, 0.29) is 24.6 Å². The monoisotopic (exact) mass is 388 g/mol. The normalized spacial score (nSPS) is 20.7. The smallest absolute Gasteiger partial charge is 0.410 e. The van der Waals surface area contributed by atoms with Crippen molar-refractivity contribution < 1.29 is 23.1 Å². The Bertz CT molecular complexity index is 694. The Kier molecular flexibility index (Phi) is 6.11. The highest BCUT2D eigenvalue weighted by Gasteiger charge is 2.37. The second-order valence-electron chi connectivity index (χ2n) is 7.40. The van der Waals surface area contributed by atoms with Gasteiger partial charge in [-0.25, -0.2) is 13.6 Å². The van der Waals surface area contributed by atoms with Crippen molar-refractivity contribution in [3.05, 3.63) is 35.4 Å². The van der Waals surface area contributed by atoms with Crippen molar-refractivity contribution >= 4 is 23.1 Å². The van der Waals surface area contributed by atoms with Gasteiger partial charge >= 0.3 is 11.5 Å². The highest BCUT2D eigenvalue weighted by molar-refractivity contribution is 6.62. The summed E-state index contributed by atoms with van der Waals surface area (Å²) < 4.78 is 33.2. The van der Waals surface area contributed by atoms with Crippen molar-refractivity contribution in [1.29, 1.82) is 0 Å². The number of nitrogens with zero attached hydrogens (tertiary/aromatic N) is 2. The maximum absolute atomic E-state index is 14.2. The fraction of sp³-hybridized carbons (Fsp3) is 0.556. The zero-order chi connectivity index (χ0) is 19.6. The molecule has 1 aliphatic rings. The minimum absolute atomic E-state index is 0.0429. The SMILES string of the molecule is CN(C(=O)OC(C)(C)C)[C@@H]1CCN(C(=O)Cl)[C@H](c2cc(F)ccc2F)C1. The number of piperidine rings is 1. The highest BCUT2D eigenvalue weighted by Crippen LogP contribution is 2.35. The van der Waals surface area contributed by atoms with Gasteiger partial charge in [-0.3, -0.25) is 4.79 Å². The van der Waals surface area contributed by atoms with E-state index < -0.39 is 34.7 Å². The summed E-state index contributed by atoms with van der Waals surface area (Å²) in [5, 5.41) is -0.739. The Morgan fingerprint density at radius 2 is 1.96 bits per heavy atom. The first-order valence-electron chi connectivity index (χ1n) is 8.36. The summed E-state index contributed by atoms with van der Waals surface area (Å²) in [5.41, 5.74) is -0.604. The van der Waals surface area contributed by atoms with Gasteiger partial charge in [0.25, 0.3) is 0 Å². The standard InChI is InChI=1S/C18H23ClF2N2O3/c1-18(2,3)26-17(25)22(4)12-7-8-23(16(19)24)15(10-12)13-9-11(20)5-6-14(13)21/h5-6,9,12,15H,7-8,10H2,1-4H3/t12-,15+/m1/s1. The van der Waals surface area contributed by atoms with Gasteiger partial charge in [0.2, 0.25) is 0 Å². The first-order valence-corrected chi connectivity index (χ1v) is 8.74. The minimum atomic E-state index is -0.765. The molecule has 1 heterocycles. The van der Waals surface area contributed by atoms with E-state index in [1.54, 1.807) is 27.8 Å². The summed E-state index contributed by atoms with van der Waals surface area (Å²) in [6, 6.07) is 2.02. The molecule has 0 saturated carbocycles. The number of ether oxygens (including phenoxy) is 1. The third-order valence-corrected chi connectivity index (χ3v) is 4.56. The number of likely N-dealkylation sites (tertiary alicyclic amines) is 1. The van der Waals surface area contributed by atoms with E-state index in [2.05, 4.69) is 0 Å². The number of benzene rings is 1. The lowest BCUT2D eigenvalue weighted by Crippen LogP contribution is -2.48. The molecule has 0 spiro atoms. The zero-order valence-corrected chi connectivity index (χ0v) is 16.0. The summed E-state index contributed by atoms with van der Waals surface area (Å²) in [6.45, 7) is 5.51. The Balaban J connectivity index is 2.26. The van der Waals surface area contributed by atoms with Gasteiger partial charge < -0.3 is 14.5 Å². The van der Waals surface area contributed by atoms with Crippen molar-refractivity contribution in [3.8, 4) is 0 Å². The molecule has 1 aromatic rings. The van der Waals surface area contributed by atoms with Gasteiger partial charge in [-0.1, -0.05) is 0 Å². The van der Waals surface area contributed by atoms with E-state index in [9.17, 15) is 18.4 Å². The third-order valence-electron chi connectivity index (χ3n) is 4.35. The number of rotatable bonds is 2. The predicted molar refractivity (Wildman–Crippen MR) is 94.1 cm³/mol. The minimum Gasteiger partial charge on any atom is -0.444 e. The molecule has 1 aromatic carbocycles. The van der Waals surface area contributed by atoms with Gasteiger partial charge in [-0.2, -0.15) is 0 Å². The van der Waals surface area contributed by atoms with Crippen LogP contribution in [0.15, 0.2) is 18.2 Å². The molecule has 1 aliphatic heterocycles. The summed E-state index contributed by atoms with van der Waals surface area (Å²) in [6.07, 6.45) is 0.183. The van der Waals surface area contributed by atoms with E-state index in [4.69, 9.17) is 16.3 Å². The lowest BCUT2D eigenvalue weighted by Gasteiger charge is -2.41. The van der Waals surface area contributed by atoms with Crippen molar-refractivity contribution in [2.75, 3.05) is 13.6 Å². The van der Waals surface area contributed by atoms with E-state index in [0.717, 1.165) is 18.2 Å². The van der Waals surface area contributed by atoms with Crippen molar-refractivity contribution in [1.82, 2.24) is 9.80 Å². The Morgan fingerprint density at radius 1 is 1.31 bits per heavy atom. The predicted octanol–water partition coefficient (Wildman–Crippen LogP) is 4.70. The van der Waals surface area contributed by atoms with E-state index in [0.29, 0.717) is 6.42 Å². The van der Waals surface area contributed by atoms with Crippen LogP contribution in [-0.2, 0) is 4.74 Å². The second kappa shape index (κ2) is 7.78. The lowest BCUT2D eigenvalue weighted by atomic mass is 9.91. The zero-order valence-electron chi connectivity index (χ0n) is 15.3. The van der Waals surface area contributed by atoms with Crippen LogP contribution >= 0.6 is 11.6 Å². The van der Waals surface area contributed by atoms with Crippen molar-refractivity contribution in [3.63, 3.8) is 0 Å². The van der Waals surface area contributed by atoms with Crippen molar-refractivity contribution in [2.24, 2.45) is 0 Å². The Labute approximate surface area is 156 Å². The number of carbonyl (C=O) groups excluding carboxylic acids is 2. The molecule has 1 fully saturated rings. The van der Waals surface area contributed by atoms with Gasteiger partial charge in [0.15, 0.2) is 0 Å². The highest BCUT2D eigenvalue weighted by atomic mass is 35.5. The summed E-state index contributed by atoms with van der Waals surface area (Å²) in [4.78, 5) is 26.8. The van der Waals surface area contributed by atoms with Crippen molar-refractivity contribution in [2.45, 2.75) is 51.3 Å². The molecule has 0 bridgehead atoms. The molecule has 26 heavy (non-hydrogen) atoms. The quantitative estimate of drug-likeness (QED) is 0.545. The number of hydrogen-bond acceptors (Lipinski definition) is 3. The maximum Gasteiger partial charge on any atom is 0.410 e. The van der Waals surface area contributed by atoms with E-state index in [1.165, 1.54) is 9.80 Å². The Hall–Kier alpha value is -1.89. The Morgan fingerprint density at radius 3 is 2.54 bits per heavy atom. The molecule has 2 atom stereocenters. The third kappa shape index (κ3) is 4.84. The molecule has 5 nitrogen and oxygen atoms in total. The van der Waals surface area contributed by atoms with E-state index in [1.807, 2.05) is 0 Å². The van der Waals surface area contributed by atoms with Gasteiger partial charge in [0.1, 0.15) is 17.2 Å². The largest absolute Gasteiger partial charge is 0.444 e. The van der Waals surface area contributed by atoms with E-state index >= 15 is 0 Å². The maximum atomic E-state index is 14.2. The van der Waals surface area contributed by atoms with Crippen LogP contribution < -0.4 is 0 Å². The summed E-state index contributed by atoms with van der Waals surface area (Å²) in [7, 11) is 1.59. The number of carbonyl (C=O) groups is 2. The molecule has 2 amide bonds. The molecular formula is C18H23ClF2N2O3. The molecule has 2 rings (SSSR count). The molecule has 0 unspecified atom stereocenters. The van der Waals surface area contributed by atoms with Crippen LogP contribution in [0.3, 0.4) is 0 Å². The molecule has 0 radical (unpaired) electrons. The average Bonchev–Trinajstić information content (AvgIpc) is 2.54. The first kappa shape index (κ1) is 20.4. The molecule has 0 aromatic heterocycles. The summed E-state index contributed by atoms with van der Waals surface area (Å²) >= 11 is 5.64. The molecule has 0 N–H and O–H groups in total. The van der Waals surface area contributed by atoms with Crippen LogP contribution in [0.2, 0.25) is 0 Å². The number of halogens is 3. The fourth-order valence-corrected chi connectivity index (χ4v) is 3.26. The first-order chi connectivity index (χ1) is 12.0. The van der Waals surface area contributed by atoms with Gasteiger partial charge in [-0.15, -0.1) is 0 Å². The van der Waals surface area contributed by atoms with Crippen LogP contribution in [0.4, 0.5) is 18.4 Å².